The predicted molar refractivity (Wildman–Crippen MR) is 84.0 cm³/mol. The normalized spacial score (nSPS) is 12.5. The van der Waals surface area contributed by atoms with E-state index in [1.165, 1.54) is 10.9 Å². The van der Waals surface area contributed by atoms with Gasteiger partial charge in [0.2, 0.25) is 0 Å². The van der Waals surface area contributed by atoms with Crippen LogP contribution >= 0.6 is 11.8 Å². The lowest BCUT2D eigenvalue weighted by atomic mass is 10.2. The smallest absolute Gasteiger partial charge is 0.326 e. The third-order valence-corrected chi connectivity index (χ3v) is 4.43. The van der Waals surface area contributed by atoms with Gasteiger partial charge >= 0.3 is 5.97 Å². The summed E-state index contributed by atoms with van der Waals surface area (Å²) in [5.74, 6) is -0.0376. The fourth-order valence-corrected chi connectivity index (χ4v) is 2.94. The number of aromatic nitrogens is 2. The van der Waals surface area contributed by atoms with Crippen molar-refractivity contribution in [3.63, 3.8) is 0 Å². The standard InChI is InChI=1S/C15H18N2O3S/c1-3-7-21-10-5-6-12-11(8-10)14(18)17(9-16-12)13(4-2)15(19)20/h5-6,8-9,13H,3-4,7H2,1-2H3,(H,19,20). The summed E-state index contributed by atoms with van der Waals surface area (Å²) in [6, 6.07) is 4.67. The van der Waals surface area contributed by atoms with E-state index in [2.05, 4.69) is 11.9 Å². The molecule has 2 aromatic rings. The van der Waals surface area contributed by atoms with Crippen molar-refractivity contribution in [2.75, 3.05) is 5.75 Å². The number of hydrogen-bond donors (Lipinski definition) is 1. The number of carbonyl (C=O) groups is 1. The molecule has 0 aliphatic heterocycles. The van der Waals surface area contributed by atoms with Gasteiger partial charge in [-0.25, -0.2) is 9.78 Å². The number of carboxylic acid groups (broad SMARTS) is 1. The number of fused-ring (bicyclic) bond motifs is 1. The topological polar surface area (TPSA) is 72.2 Å². The van der Waals surface area contributed by atoms with E-state index in [1.807, 2.05) is 6.07 Å². The Morgan fingerprint density at radius 2 is 2.19 bits per heavy atom. The molecule has 0 saturated carbocycles. The van der Waals surface area contributed by atoms with Gasteiger partial charge in [0, 0.05) is 4.90 Å². The first-order chi connectivity index (χ1) is 10.1. The van der Waals surface area contributed by atoms with E-state index in [4.69, 9.17) is 0 Å². The maximum Gasteiger partial charge on any atom is 0.326 e. The van der Waals surface area contributed by atoms with Gasteiger partial charge in [-0.15, -0.1) is 11.8 Å². The Balaban J connectivity index is 2.53. The van der Waals surface area contributed by atoms with Gasteiger partial charge in [-0.2, -0.15) is 0 Å². The van der Waals surface area contributed by atoms with Gasteiger partial charge in [-0.1, -0.05) is 13.8 Å². The van der Waals surface area contributed by atoms with Crippen LogP contribution in [0.3, 0.4) is 0 Å². The quantitative estimate of drug-likeness (QED) is 0.831. The summed E-state index contributed by atoms with van der Waals surface area (Å²) < 4.78 is 1.21. The molecule has 6 heteroatoms. The lowest BCUT2D eigenvalue weighted by molar-refractivity contribution is -0.141. The Kier molecular flexibility index (Phi) is 5.01. The van der Waals surface area contributed by atoms with Crippen LogP contribution in [0.1, 0.15) is 32.7 Å². The molecule has 2 rings (SSSR count). The summed E-state index contributed by atoms with van der Waals surface area (Å²) in [5, 5.41) is 9.67. The van der Waals surface area contributed by atoms with Crippen LogP contribution in [0.5, 0.6) is 0 Å². The second-order valence-corrected chi connectivity index (χ2v) is 5.92. The summed E-state index contributed by atoms with van der Waals surface area (Å²) in [5.41, 5.74) is 0.297. The molecule has 1 aromatic carbocycles. The molecule has 21 heavy (non-hydrogen) atoms. The minimum atomic E-state index is -1.02. The number of rotatable bonds is 6. The lowest BCUT2D eigenvalue weighted by Crippen LogP contribution is -2.29. The molecule has 0 aliphatic carbocycles. The van der Waals surface area contributed by atoms with Crippen molar-refractivity contribution in [3.8, 4) is 0 Å². The molecule has 0 aliphatic rings. The number of benzene rings is 1. The Morgan fingerprint density at radius 3 is 2.81 bits per heavy atom. The zero-order valence-corrected chi connectivity index (χ0v) is 12.9. The van der Waals surface area contributed by atoms with Crippen LogP contribution in [0.2, 0.25) is 0 Å². The molecule has 0 amide bonds. The van der Waals surface area contributed by atoms with Crippen LogP contribution in [0, 0.1) is 0 Å². The average Bonchev–Trinajstić information content (AvgIpc) is 2.48. The highest BCUT2D eigenvalue weighted by atomic mass is 32.2. The summed E-state index contributed by atoms with van der Waals surface area (Å²) >= 11 is 1.68. The predicted octanol–water partition coefficient (Wildman–Crippen LogP) is 2.93. The van der Waals surface area contributed by atoms with E-state index >= 15 is 0 Å². The first kappa shape index (κ1) is 15.6. The highest BCUT2D eigenvalue weighted by molar-refractivity contribution is 7.99. The van der Waals surface area contributed by atoms with Crippen molar-refractivity contribution in [1.82, 2.24) is 9.55 Å². The van der Waals surface area contributed by atoms with E-state index in [-0.39, 0.29) is 5.56 Å². The molecular formula is C15H18N2O3S. The van der Waals surface area contributed by atoms with Gasteiger partial charge in [0.15, 0.2) is 0 Å². The summed E-state index contributed by atoms with van der Waals surface area (Å²) in [7, 11) is 0. The molecule has 1 unspecified atom stereocenters. The molecule has 5 nitrogen and oxygen atoms in total. The van der Waals surface area contributed by atoms with Gasteiger partial charge in [0.25, 0.3) is 5.56 Å². The van der Waals surface area contributed by atoms with Crippen molar-refractivity contribution in [2.24, 2.45) is 0 Å². The van der Waals surface area contributed by atoms with Crippen LogP contribution in [0.4, 0.5) is 0 Å². The Hall–Kier alpha value is -1.82. The van der Waals surface area contributed by atoms with Crippen LogP contribution in [0.15, 0.2) is 34.2 Å². The van der Waals surface area contributed by atoms with Crippen molar-refractivity contribution in [3.05, 3.63) is 34.9 Å². The van der Waals surface area contributed by atoms with Crippen molar-refractivity contribution < 1.29 is 9.90 Å². The molecule has 0 spiro atoms. The van der Waals surface area contributed by atoms with E-state index in [0.717, 1.165) is 17.1 Å². The highest BCUT2D eigenvalue weighted by Gasteiger charge is 2.19. The van der Waals surface area contributed by atoms with Crippen LogP contribution in [0.25, 0.3) is 10.9 Å². The van der Waals surface area contributed by atoms with Crippen LogP contribution in [-0.2, 0) is 4.79 Å². The zero-order chi connectivity index (χ0) is 15.4. The first-order valence-corrected chi connectivity index (χ1v) is 7.93. The summed E-state index contributed by atoms with van der Waals surface area (Å²) in [6.07, 6.45) is 2.72. The number of nitrogens with zero attached hydrogens (tertiary/aromatic N) is 2. The fraction of sp³-hybridized carbons (Fsp3) is 0.400. The maximum atomic E-state index is 12.5. The molecule has 0 radical (unpaired) electrons. The van der Waals surface area contributed by atoms with Gasteiger partial charge in [0.05, 0.1) is 17.2 Å². The molecule has 1 N–H and O–H groups in total. The fourth-order valence-electron chi connectivity index (χ4n) is 2.14. The third kappa shape index (κ3) is 3.26. The lowest BCUT2D eigenvalue weighted by Gasteiger charge is -2.13. The first-order valence-electron chi connectivity index (χ1n) is 6.95. The van der Waals surface area contributed by atoms with Gasteiger partial charge in [-0.3, -0.25) is 9.36 Å². The largest absolute Gasteiger partial charge is 0.480 e. The van der Waals surface area contributed by atoms with Gasteiger partial charge in [0.1, 0.15) is 6.04 Å². The molecule has 0 saturated heterocycles. The monoisotopic (exact) mass is 306 g/mol. The molecule has 0 fully saturated rings. The number of carboxylic acids is 1. The summed E-state index contributed by atoms with van der Waals surface area (Å²) in [4.78, 5) is 29.0. The van der Waals surface area contributed by atoms with Crippen LogP contribution < -0.4 is 5.56 Å². The summed E-state index contributed by atoms with van der Waals surface area (Å²) in [6.45, 7) is 3.84. The van der Waals surface area contributed by atoms with Crippen LogP contribution in [-0.4, -0.2) is 26.4 Å². The van der Waals surface area contributed by atoms with E-state index in [0.29, 0.717) is 17.3 Å². The zero-order valence-electron chi connectivity index (χ0n) is 12.1. The SMILES string of the molecule is CCCSc1ccc2ncn(C(CC)C(=O)O)c(=O)c2c1. The van der Waals surface area contributed by atoms with Gasteiger partial charge in [-0.05, 0) is 36.8 Å². The average molecular weight is 306 g/mol. The second-order valence-electron chi connectivity index (χ2n) is 4.75. The number of aliphatic carboxylic acids is 1. The van der Waals surface area contributed by atoms with Crippen molar-refractivity contribution in [1.29, 1.82) is 0 Å². The molecule has 1 aromatic heterocycles. The number of hydrogen-bond acceptors (Lipinski definition) is 4. The number of thioether (sulfide) groups is 1. The minimum absolute atomic E-state index is 0.298. The Labute approximate surface area is 127 Å². The van der Waals surface area contributed by atoms with E-state index in [9.17, 15) is 14.7 Å². The molecule has 1 atom stereocenters. The van der Waals surface area contributed by atoms with Crippen molar-refractivity contribution in [2.45, 2.75) is 37.6 Å². The van der Waals surface area contributed by atoms with Gasteiger partial charge < -0.3 is 5.11 Å². The van der Waals surface area contributed by atoms with Crippen molar-refractivity contribution >= 4 is 28.6 Å². The third-order valence-electron chi connectivity index (χ3n) is 3.23. The molecular weight excluding hydrogens is 288 g/mol. The second kappa shape index (κ2) is 6.76. The molecule has 1 heterocycles. The maximum absolute atomic E-state index is 12.5. The Morgan fingerprint density at radius 1 is 1.43 bits per heavy atom. The minimum Gasteiger partial charge on any atom is -0.480 e. The van der Waals surface area contributed by atoms with E-state index < -0.39 is 12.0 Å². The highest BCUT2D eigenvalue weighted by Crippen LogP contribution is 2.22. The molecule has 0 bridgehead atoms. The van der Waals surface area contributed by atoms with E-state index in [1.54, 1.807) is 30.8 Å². The Bertz CT molecular complexity index is 712. The molecule has 112 valence electrons.